The fraction of sp³-hybridized carbons (Fsp3) is 1.00. The van der Waals surface area contributed by atoms with Crippen molar-refractivity contribution in [3.63, 3.8) is 0 Å². The van der Waals surface area contributed by atoms with Gasteiger partial charge in [0, 0.05) is 19.8 Å². The predicted molar refractivity (Wildman–Crippen MR) is 65.8 cm³/mol. The maximum Gasteiger partial charge on any atom is 0.522 e. The van der Waals surface area contributed by atoms with Crippen molar-refractivity contribution in [2.75, 3.05) is 19.8 Å². The van der Waals surface area contributed by atoms with E-state index in [9.17, 15) is 0 Å². The van der Waals surface area contributed by atoms with Crippen LogP contribution in [0.5, 0.6) is 0 Å². The van der Waals surface area contributed by atoms with Crippen molar-refractivity contribution in [3.8, 4) is 0 Å². The highest BCUT2D eigenvalue weighted by Gasteiger charge is 2.51. The van der Waals surface area contributed by atoms with Crippen molar-refractivity contribution < 1.29 is 13.3 Å². The fourth-order valence-corrected chi connectivity index (χ4v) is 4.86. The Morgan fingerprint density at radius 3 is 1.40 bits per heavy atom. The van der Waals surface area contributed by atoms with Gasteiger partial charge in [0.05, 0.1) is 0 Å². The highest BCUT2D eigenvalue weighted by Crippen LogP contribution is 2.27. The van der Waals surface area contributed by atoms with Gasteiger partial charge >= 0.3 is 8.80 Å². The Morgan fingerprint density at radius 2 is 1.20 bits per heavy atom. The standard InChI is InChI=1S/C8H17Cl3O3Si/c1-4-12-15(13-5-2,14-6-3)8(11)7(9)10/h7-8H,4-6H2,1-3H3. The average Bonchev–Trinajstić information content (AvgIpc) is 2.17. The number of alkyl halides is 3. The molecule has 0 aromatic carbocycles. The maximum absolute atomic E-state index is 6.10. The smallest absolute Gasteiger partial charge is 0.373 e. The van der Waals surface area contributed by atoms with Gasteiger partial charge in [-0.25, -0.2) is 0 Å². The summed E-state index contributed by atoms with van der Waals surface area (Å²) in [7, 11) is -2.96. The summed E-state index contributed by atoms with van der Waals surface area (Å²) < 4.78 is 16.6. The molecule has 1 atom stereocenters. The van der Waals surface area contributed by atoms with Gasteiger partial charge in [-0.3, -0.25) is 0 Å². The largest absolute Gasteiger partial charge is 0.522 e. The molecule has 0 radical (unpaired) electrons. The third-order valence-corrected chi connectivity index (χ3v) is 6.92. The molecule has 0 heterocycles. The lowest BCUT2D eigenvalue weighted by Gasteiger charge is -2.32. The molecule has 0 spiro atoms. The van der Waals surface area contributed by atoms with Gasteiger partial charge in [-0.05, 0) is 20.8 Å². The van der Waals surface area contributed by atoms with Crippen molar-refractivity contribution in [2.45, 2.75) is 30.6 Å². The molecule has 1 unspecified atom stereocenters. The van der Waals surface area contributed by atoms with E-state index in [4.69, 9.17) is 48.1 Å². The van der Waals surface area contributed by atoms with Crippen LogP contribution in [0.2, 0.25) is 0 Å². The molecule has 0 bridgehead atoms. The Labute approximate surface area is 107 Å². The van der Waals surface area contributed by atoms with Crippen LogP contribution in [0.3, 0.4) is 0 Å². The van der Waals surface area contributed by atoms with Crippen LogP contribution in [-0.4, -0.2) is 38.5 Å². The van der Waals surface area contributed by atoms with E-state index in [1.54, 1.807) is 0 Å². The minimum Gasteiger partial charge on any atom is -0.373 e. The molecule has 0 rings (SSSR count). The minimum absolute atomic E-state index is 0.454. The molecular weight excluding hydrogens is 279 g/mol. The molecule has 15 heavy (non-hydrogen) atoms. The zero-order chi connectivity index (χ0) is 11.9. The molecule has 0 aliphatic heterocycles. The third-order valence-electron chi connectivity index (χ3n) is 1.60. The molecule has 0 N–H and O–H groups in total. The molecule has 0 fully saturated rings. The number of rotatable bonds is 8. The Hall–Kier alpha value is 0.967. The molecule has 3 nitrogen and oxygen atoms in total. The monoisotopic (exact) mass is 294 g/mol. The quantitative estimate of drug-likeness (QED) is 0.509. The summed E-state index contributed by atoms with van der Waals surface area (Å²) >= 11 is 17.6. The second kappa shape index (κ2) is 8.12. The van der Waals surface area contributed by atoms with Crippen LogP contribution in [0, 0.1) is 0 Å². The fourth-order valence-electron chi connectivity index (χ4n) is 1.12. The first-order valence-corrected chi connectivity index (χ1v) is 7.99. The molecule has 0 saturated carbocycles. The van der Waals surface area contributed by atoms with E-state index in [-0.39, 0.29) is 0 Å². The summed E-state index contributed by atoms with van der Waals surface area (Å²) in [5.41, 5.74) is 0. The molecule has 92 valence electrons. The van der Waals surface area contributed by atoms with Gasteiger partial charge in [0.1, 0.15) is 9.84 Å². The summed E-state index contributed by atoms with van der Waals surface area (Å²) in [6.07, 6.45) is 0. The number of hydrogen-bond donors (Lipinski definition) is 0. The molecule has 0 aliphatic rings. The first-order chi connectivity index (χ1) is 7.04. The Morgan fingerprint density at radius 1 is 0.867 bits per heavy atom. The van der Waals surface area contributed by atoms with E-state index in [0.717, 1.165) is 0 Å². The molecule has 0 amide bonds. The van der Waals surface area contributed by atoms with Gasteiger partial charge in [0.15, 0.2) is 0 Å². The zero-order valence-corrected chi connectivity index (χ0v) is 12.4. The van der Waals surface area contributed by atoms with Crippen LogP contribution < -0.4 is 0 Å². The third kappa shape index (κ3) is 4.77. The van der Waals surface area contributed by atoms with Gasteiger partial charge < -0.3 is 13.3 Å². The minimum atomic E-state index is -2.96. The van der Waals surface area contributed by atoms with Crippen LogP contribution in [0.25, 0.3) is 0 Å². The lowest BCUT2D eigenvalue weighted by atomic mass is 10.9. The molecule has 0 aromatic rings. The number of halogens is 3. The van der Waals surface area contributed by atoms with E-state index >= 15 is 0 Å². The van der Waals surface area contributed by atoms with Crippen LogP contribution >= 0.6 is 34.8 Å². The van der Waals surface area contributed by atoms with Crippen LogP contribution in [0.4, 0.5) is 0 Å². The Kier molecular flexibility index (Phi) is 8.64. The van der Waals surface area contributed by atoms with Crippen molar-refractivity contribution in [3.05, 3.63) is 0 Å². The van der Waals surface area contributed by atoms with Gasteiger partial charge in [0.25, 0.3) is 0 Å². The highest BCUT2D eigenvalue weighted by atomic mass is 35.5. The summed E-state index contributed by atoms with van der Waals surface area (Å²) in [5.74, 6) is 0. The van der Waals surface area contributed by atoms with Gasteiger partial charge in [-0.15, -0.1) is 34.8 Å². The van der Waals surface area contributed by atoms with Crippen LogP contribution in [-0.2, 0) is 13.3 Å². The normalized spacial score (nSPS) is 14.6. The molecule has 7 heteroatoms. The van der Waals surface area contributed by atoms with Gasteiger partial charge in [-0.2, -0.15) is 0 Å². The number of hydrogen-bond acceptors (Lipinski definition) is 3. The second-order valence-electron chi connectivity index (χ2n) is 2.64. The summed E-state index contributed by atoms with van der Waals surface area (Å²) in [5, 5.41) is -0.652. The predicted octanol–water partition coefficient (Wildman–Crippen LogP) is 2.99. The van der Waals surface area contributed by atoms with Crippen molar-refractivity contribution in [2.24, 2.45) is 0 Å². The molecule has 0 aliphatic carbocycles. The van der Waals surface area contributed by atoms with E-state index in [2.05, 4.69) is 0 Å². The van der Waals surface area contributed by atoms with E-state index in [0.29, 0.717) is 19.8 Å². The highest BCUT2D eigenvalue weighted by molar-refractivity contribution is 6.75. The van der Waals surface area contributed by atoms with E-state index < -0.39 is 18.6 Å². The maximum atomic E-state index is 6.10. The first-order valence-electron chi connectivity index (χ1n) is 4.88. The average molecular weight is 296 g/mol. The first kappa shape index (κ1) is 16.0. The topological polar surface area (TPSA) is 27.7 Å². The van der Waals surface area contributed by atoms with Crippen LogP contribution in [0.15, 0.2) is 0 Å². The van der Waals surface area contributed by atoms with E-state index in [1.165, 1.54) is 0 Å². The summed E-state index contributed by atoms with van der Waals surface area (Å²) in [6.45, 7) is 6.91. The molecule has 0 aromatic heterocycles. The lowest BCUT2D eigenvalue weighted by molar-refractivity contribution is 0.0698. The molecule has 0 saturated heterocycles. The van der Waals surface area contributed by atoms with E-state index in [1.807, 2.05) is 20.8 Å². The SMILES string of the molecule is CCO[Si](OCC)(OCC)C(Cl)C(Cl)Cl. The van der Waals surface area contributed by atoms with Crippen LogP contribution in [0.1, 0.15) is 20.8 Å². The zero-order valence-electron chi connectivity index (χ0n) is 9.13. The summed E-state index contributed by atoms with van der Waals surface area (Å²) in [4.78, 5) is -0.775. The van der Waals surface area contributed by atoms with Crippen molar-refractivity contribution in [1.29, 1.82) is 0 Å². The Bertz CT molecular complexity index is 154. The van der Waals surface area contributed by atoms with Crippen molar-refractivity contribution in [1.82, 2.24) is 0 Å². The second-order valence-corrected chi connectivity index (χ2v) is 7.33. The van der Waals surface area contributed by atoms with Gasteiger partial charge in [0.2, 0.25) is 0 Å². The molecular formula is C8H17Cl3O3Si. The Balaban J connectivity index is 4.73. The lowest BCUT2D eigenvalue weighted by Crippen LogP contribution is -2.56. The summed E-state index contributed by atoms with van der Waals surface area (Å²) in [6, 6.07) is 0. The van der Waals surface area contributed by atoms with Crippen molar-refractivity contribution >= 4 is 43.6 Å². The van der Waals surface area contributed by atoms with Gasteiger partial charge in [-0.1, -0.05) is 0 Å².